The maximum atomic E-state index is 11.9. The van der Waals surface area contributed by atoms with Crippen molar-refractivity contribution in [2.75, 3.05) is 7.11 Å². The first-order valence-corrected chi connectivity index (χ1v) is 8.54. The van der Waals surface area contributed by atoms with Gasteiger partial charge >= 0.3 is 5.97 Å². The van der Waals surface area contributed by atoms with Gasteiger partial charge in [-0.05, 0) is 41.5 Å². The molecule has 0 unspecified atom stereocenters. The fourth-order valence-corrected chi connectivity index (χ4v) is 2.45. The molecule has 0 atom stereocenters. The number of carbonyl (C=O) groups excluding carboxylic acids is 1. The third kappa shape index (κ3) is 5.47. The second-order valence-electron chi connectivity index (χ2n) is 5.75. The zero-order chi connectivity index (χ0) is 18.9. The van der Waals surface area contributed by atoms with Gasteiger partial charge in [0.1, 0.15) is 12.4 Å². The summed E-state index contributed by atoms with van der Waals surface area (Å²) in [6.45, 7) is 0.454. The second kappa shape index (κ2) is 9.25. The molecule has 27 heavy (non-hydrogen) atoms. The normalized spacial score (nSPS) is 10.6. The Hall–Kier alpha value is -3.53. The van der Waals surface area contributed by atoms with Gasteiger partial charge in [0.2, 0.25) is 0 Å². The van der Waals surface area contributed by atoms with Crippen molar-refractivity contribution in [3.8, 4) is 17.2 Å². The fourth-order valence-electron chi connectivity index (χ4n) is 2.45. The Kier molecular flexibility index (Phi) is 6.26. The molecule has 3 aromatic rings. The van der Waals surface area contributed by atoms with Crippen LogP contribution in [0.5, 0.6) is 17.2 Å². The van der Waals surface area contributed by atoms with Crippen LogP contribution in [0.15, 0.2) is 84.9 Å². The number of carbonyl (C=O) groups is 1. The molecular formula is C23H20O4. The molecule has 0 radical (unpaired) electrons. The van der Waals surface area contributed by atoms with E-state index in [1.807, 2.05) is 66.7 Å². The van der Waals surface area contributed by atoms with E-state index in [2.05, 4.69) is 0 Å². The summed E-state index contributed by atoms with van der Waals surface area (Å²) in [4.78, 5) is 11.9. The molecule has 136 valence electrons. The monoisotopic (exact) mass is 360 g/mol. The molecule has 4 heteroatoms. The van der Waals surface area contributed by atoms with Gasteiger partial charge in [0.05, 0.1) is 7.11 Å². The van der Waals surface area contributed by atoms with Crippen molar-refractivity contribution in [3.63, 3.8) is 0 Å². The predicted octanol–water partition coefficient (Wildman–Crippen LogP) is 4.89. The lowest BCUT2D eigenvalue weighted by Gasteiger charge is -2.11. The molecule has 0 heterocycles. The van der Waals surface area contributed by atoms with Crippen LogP contribution in [0.25, 0.3) is 6.08 Å². The van der Waals surface area contributed by atoms with Crippen LogP contribution in [0.4, 0.5) is 0 Å². The highest BCUT2D eigenvalue weighted by atomic mass is 16.5. The van der Waals surface area contributed by atoms with Gasteiger partial charge in [-0.2, -0.15) is 0 Å². The molecule has 3 rings (SSSR count). The minimum atomic E-state index is -0.440. The van der Waals surface area contributed by atoms with Crippen molar-refractivity contribution in [3.05, 3.63) is 96.1 Å². The van der Waals surface area contributed by atoms with Crippen molar-refractivity contribution in [2.24, 2.45) is 0 Å². The standard InChI is InChI=1S/C23H20O4/c1-25-22-16-18(13-15-23(24)27-20-10-6-3-7-11-20)12-14-21(22)26-17-19-8-4-2-5-9-19/h2-16H,17H2,1H3/b15-13+. The molecule has 0 aliphatic heterocycles. The first kappa shape index (κ1) is 18.3. The highest BCUT2D eigenvalue weighted by Gasteiger charge is 2.06. The van der Waals surface area contributed by atoms with Crippen LogP contribution >= 0.6 is 0 Å². The highest BCUT2D eigenvalue weighted by Crippen LogP contribution is 2.29. The zero-order valence-corrected chi connectivity index (χ0v) is 15.0. The fraction of sp³-hybridized carbons (Fsp3) is 0.0870. The Balaban J connectivity index is 1.63. The average Bonchev–Trinajstić information content (AvgIpc) is 2.72. The van der Waals surface area contributed by atoms with Crippen LogP contribution in [0.2, 0.25) is 0 Å². The topological polar surface area (TPSA) is 44.8 Å². The van der Waals surface area contributed by atoms with Crippen LogP contribution < -0.4 is 14.2 Å². The Morgan fingerprint density at radius 3 is 2.30 bits per heavy atom. The van der Waals surface area contributed by atoms with Crippen molar-refractivity contribution in [1.82, 2.24) is 0 Å². The van der Waals surface area contributed by atoms with E-state index in [0.29, 0.717) is 23.9 Å². The lowest BCUT2D eigenvalue weighted by Crippen LogP contribution is -2.03. The molecular weight excluding hydrogens is 340 g/mol. The Morgan fingerprint density at radius 2 is 1.59 bits per heavy atom. The number of ether oxygens (including phenoxy) is 3. The van der Waals surface area contributed by atoms with Crippen molar-refractivity contribution < 1.29 is 19.0 Å². The van der Waals surface area contributed by atoms with Crippen LogP contribution in [0.3, 0.4) is 0 Å². The van der Waals surface area contributed by atoms with Crippen LogP contribution in [0.1, 0.15) is 11.1 Å². The summed E-state index contributed by atoms with van der Waals surface area (Å²) in [5.74, 6) is 1.31. The molecule has 0 aliphatic carbocycles. The van der Waals surface area contributed by atoms with Crippen molar-refractivity contribution in [2.45, 2.75) is 6.61 Å². The van der Waals surface area contributed by atoms with E-state index in [0.717, 1.165) is 11.1 Å². The molecule has 0 fully saturated rings. The first-order valence-electron chi connectivity index (χ1n) is 8.54. The van der Waals surface area contributed by atoms with Gasteiger partial charge < -0.3 is 14.2 Å². The molecule has 3 aromatic carbocycles. The van der Waals surface area contributed by atoms with Gasteiger partial charge in [0, 0.05) is 6.08 Å². The molecule has 0 aliphatic rings. The second-order valence-corrected chi connectivity index (χ2v) is 5.75. The Morgan fingerprint density at radius 1 is 0.889 bits per heavy atom. The summed E-state index contributed by atoms with van der Waals surface area (Å²) in [5.41, 5.74) is 1.89. The Labute approximate surface area is 158 Å². The molecule has 0 bridgehead atoms. The van der Waals surface area contributed by atoms with Gasteiger partial charge in [-0.1, -0.05) is 54.6 Å². The van der Waals surface area contributed by atoms with Gasteiger partial charge in [-0.15, -0.1) is 0 Å². The van der Waals surface area contributed by atoms with E-state index in [4.69, 9.17) is 14.2 Å². The maximum absolute atomic E-state index is 11.9. The van der Waals surface area contributed by atoms with Crippen molar-refractivity contribution >= 4 is 12.0 Å². The third-order valence-electron chi connectivity index (χ3n) is 3.80. The minimum Gasteiger partial charge on any atom is -0.493 e. The number of hydrogen-bond acceptors (Lipinski definition) is 4. The van der Waals surface area contributed by atoms with Gasteiger partial charge in [0.25, 0.3) is 0 Å². The number of para-hydroxylation sites is 1. The van der Waals surface area contributed by atoms with Crippen LogP contribution in [-0.2, 0) is 11.4 Å². The van der Waals surface area contributed by atoms with Gasteiger partial charge in [-0.3, -0.25) is 0 Å². The molecule has 0 saturated heterocycles. The smallest absolute Gasteiger partial charge is 0.336 e. The summed E-state index contributed by atoms with van der Waals surface area (Å²) >= 11 is 0. The van der Waals surface area contributed by atoms with E-state index < -0.39 is 5.97 Å². The number of methoxy groups -OCH3 is 1. The van der Waals surface area contributed by atoms with E-state index >= 15 is 0 Å². The quantitative estimate of drug-likeness (QED) is 0.342. The van der Waals surface area contributed by atoms with Crippen LogP contribution in [-0.4, -0.2) is 13.1 Å². The maximum Gasteiger partial charge on any atom is 0.336 e. The average molecular weight is 360 g/mol. The molecule has 0 aromatic heterocycles. The highest BCUT2D eigenvalue weighted by molar-refractivity contribution is 5.88. The lowest BCUT2D eigenvalue weighted by molar-refractivity contribution is -0.128. The first-order chi connectivity index (χ1) is 13.2. The van der Waals surface area contributed by atoms with E-state index in [1.54, 1.807) is 25.3 Å². The summed E-state index contributed by atoms with van der Waals surface area (Å²) in [5, 5.41) is 0. The van der Waals surface area contributed by atoms with Crippen molar-refractivity contribution in [1.29, 1.82) is 0 Å². The zero-order valence-electron chi connectivity index (χ0n) is 15.0. The summed E-state index contributed by atoms with van der Waals surface area (Å²) < 4.78 is 16.5. The molecule has 4 nitrogen and oxygen atoms in total. The third-order valence-corrected chi connectivity index (χ3v) is 3.80. The molecule has 0 amide bonds. The van der Waals surface area contributed by atoms with E-state index in [1.165, 1.54) is 6.08 Å². The summed E-state index contributed by atoms with van der Waals surface area (Å²) in [6, 6.07) is 24.3. The number of rotatable bonds is 7. The van der Waals surface area contributed by atoms with Gasteiger partial charge in [-0.25, -0.2) is 4.79 Å². The largest absolute Gasteiger partial charge is 0.493 e. The molecule has 0 spiro atoms. The summed E-state index contributed by atoms with van der Waals surface area (Å²) in [7, 11) is 1.59. The van der Waals surface area contributed by atoms with Crippen LogP contribution in [0, 0.1) is 0 Å². The minimum absolute atomic E-state index is 0.440. The summed E-state index contributed by atoms with van der Waals surface area (Å²) in [6.07, 6.45) is 3.06. The molecule has 0 N–H and O–H groups in total. The van der Waals surface area contributed by atoms with E-state index in [9.17, 15) is 4.79 Å². The Bertz CT molecular complexity index is 902. The lowest BCUT2D eigenvalue weighted by atomic mass is 10.2. The molecule has 0 saturated carbocycles. The SMILES string of the molecule is COc1cc(/C=C/C(=O)Oc2ccccc2)ccc1OCc1ccccc1. The van der Waals surface area contributed by atoms with E-state index in [-0.39, 0.29) is 0 Å². The van der Waals surface area contributed by atoms with Gasteiger partial charge in [0.15, 0.2) is 11.5 Å². The number of benzene rings is 3. The number of esters is 1. The number of hydrogen-bond donors (Lipinski definition) is 0. The predicted molar refractivity (Wildman–Crippen MR) is 105 cm³/mol.